The Hall–Kier alpha value is -3.67. The number of ether oxygens (including phenoxy) is 3. The van der Waals surface area contributed by atoms with E-state index >= 15 is 0 Å². The Morgan fingerprint density at radius 2 is 1.67 bits per heavy atom. The first-order valence-corrected chi connectivity index (χ1v) is 19.4. The zero-order valence-corrected chi connectivity index (χ0v) is 31.0. The number of alkyl carbamates (subject to hydrolysis) is 1. The fraction of sp³-hybridized carbons (Fsp3) is 0.700. The average molecular weight is 726 g/mol. The van der Waals surface area contributed by atoms with Crippen LogP contribution in [-0.2, 0) is 23.8 Å². The predicted molar refractivity (Wildman–Crippen MR) is 193 cm³/mol. The summed E-state index contributed by atoms with van der Waals surface area (Å²) < 4.78 is 36.1. The number of nitrogens with zero attached hydrogens (tertiary/aromatic N) is 1. The van der Waals surface area contributed by atoms with Gasteiger partial charge in [-0.1, -0.05) is 32.1 Å². The van der Waals surface area contributed by atoms with Crippen molar-refractivity contribution in [3.8, 4) is 0 Å². The van der Waals surface area contributed by atoms with E-state index in [1.54, 1.807) is 45.0 Å². The summed E-state index contributed by atoms with van der Waals surface area (Å²) >= 11 is 0. The van der Waals surface area contributed by atoms with Crippen molar-refractivity contribution in [3.05, 3.63) is 30.0 Å². The van der Waals surface area contributed by atoms with Crippen LogP contribution in [0, 0.1) is 29.6 Å². The standard InChI is InChI=1S/C40H56FN3O8/c1-40(2,3)52-39(48)43-32(23-41)27-9-11-28(12-10-27)37(46)44-18-15-31(26-7-5-4-6-8-26)35(44)36(45)42-30-13-14-33-29(21-30)22-34(51-33)38(47)50-24-25-16-19-49-20-17-25/h13-14,21-22,25-28,31-32,35H,4-12,15-20,23-24H2,1-3H3,(H,42,45)(H,43,48)/t27-,28-,31-,32+,35-/m0/s1. The highest BCUT2D eigenvalue weighted by molar-refractivity contribution is 6.00. The fourth-order valence-corrected chi connectivity index (χ4v) is 8.82. The molecule has 2 N–H and O–H groups in total. The molecule has 0 bridgehead atoms. The number of alkyl halides is 1. The van der Waals surface area contributed by atoms with Gasteiger partial charge in [-0.25, -0.2) is 14.0 Å². The highest BCUT2D eigenvalue weighted by atomic mass is 19.1. The molecule has 2 aromatic rings. The number of hydrogen-bond acceptors (Lipinski definition) is 8. The minimum atomic E-state index is -0.702. The number of esters is 1. The lowest BCUT2D eigenvalue weighted by Crippen LogP contribution is -2.50. The van der Waals surface area contributed by atoms with Gasteiger partial charge in [0.05, 0.1) is 12.6 Å². The summed E-state index contributed by atoms with van der Waals surface area (Å²) in [7, 11) is 0. The van der Waals surface area contributed by atoms with Crippen LogP contribution in [0.2, 0.25) is 0 Å². The highest BCUT2D eigenvalue weighted by Gasteiger charge is 2.47. The monoisotopic (exact) mass is 725 g/mol. The van der Waals surface area contributed by atoms with Crippen molar-refractivity contribution >= 4 is 40.5 Å². The van der Waals surface area contributed by atoms with Crippen LogP contribution in [0.15, 0.2) is 28.7 Å². The van der Waals surface area contributed by atoms with E-state index in [4.69, 9.17) is 18.6 Å². The van der Waals surface area contributed by atoms with Gasteiger partial charge in [-0.3, -0.25) is 9.59 Å². The Bertz CT molecular complexity index is 1550. The quantitative estimate of drug-likeness (QED) is 0.242. The number of rotatable bonds is 10. The first-order valence-electron chi connectivity index (χ1n) is 19.4. The number of halogens is 1. The lowest BCUT2D eigenvalue weighted by molar-refractivity contribution is -0.142. The maximum Gasteiger partial charge on any atom is 0.407 e. The van der Waals surface area contributed by atoms with Crippen LogP contribution >= 0.6 is 0 Å². The summed E-state index contributed by atoms with van der Waals surface area (Å²) in [4.78, 5) is 55.4. The van der Waals surface area contributed by atoms with Gasteiger partial charge in [0.1, 0.15) is 23.9 Å². The zero-order valence-electron chi connectivity index (χ0n) is 31.0. The molecule has 52 heavy (non-hydrogen) atoms. The molecule has 2 aliphatic carbocycles. The van der Waals surface area contributed by atoms with E-state index in [1.807, 2.05) is 4.90 Å². The lowest BCUT2D eigenvalue weighted by Gasteiger charge is -2.37. The Labute approximate surface area is 306 Å². The molecule has 6 rings (SSSR count). The van der Waals surface area contributed by atoms with Crippen molar-refractivity contribution in [2.75, 3.05) is 38.4 Å². The van der Waals surface area contributed by atoms with E-state index in [-0.39, 0.29) is 41.2 Å². The molecular formula is C40H56FN3O8. The maximum atomic E-state index is 14.2. The molecule has 2 saturated carbocycles. The third-order valence-corrected chi connectivity index (χ3v) is 11.6. The van der Waals surface area contributed by atoms with Crippen molar-refractivity contribution in [2.24, 2.45) is 29.6 Å². The minimum Gasteiger partial charge on any atom is -0.460 e. The molecule has 1 aromatic heterocycles. The SMILES string of the molecule is CC(C)(C)OC(=O)N[C@H](CF)[C@H]1CC[C@H](C(=O)N2CC[C@@H](C3CCCCC3)[C@H]2C(=O)Nc2ccc3oc(C(=O)OCC4CCOCC4)cc3c2)CC1. The molecule has 0 unspecified atom stereocenters. The van der Waals surface area contributed by atoms with Crippen LogP contribution in [0.25, 0.3) is 11.0 Å². The molecule has 286 valence electrons. The molecule has 2 aliphatic heterocycles. The Morgan fingerprint density at radius 3 is 2.37 bits per heavy atom. The van der Waals surface area contributed by atoms with Gasteiger partial charge in [0.25, 0.3) is 0 Å². The summed E-state index contributed by atoms with van der Waals surface area (Å²) in [5.74, 6) is -0.235. The third kappa shape index (κ3) is 9.46. The number of hydrogen-bond donors (Lipinski definition) is 2. The second-order valence-corrected chi connectivity index (χ2v) is 16.4. The van der Waals surface area contributed by atoms with Gasteiger partial charge in [-0.05, 0) is 114 Å². The van der Waals surface area contributed by atoms with Gasteiger partial charge >= 0.3 is 12.1 Å². The molecule has 1 aromatic carbocycles. The predicted octanol–water partition coefficient (Wildman–Crippen LogP) is 7.42. The maximum absolute atomic E-state index is 14.2. The van der Waals surface area contributed by atoms with Crippen LogP contribution in [0.3, 0.4) is 0 Å². The molecule has 2 saturated heterocycles. The Morgan fingerprint density at radius 1 is 0.942 bits per heavy atom. The molecule has 3 atom stereocenters. The second kappa shape index (κ2) is 17.0. The minimum absolute atomic E-state index is 0.0111. The van der Waals surface area contributed by atoms with Crippen molar-refractivity contribution < 1.29 is 42.2 Å². The lowest BCUT2D eigenvalue weighted by atomic mass is 9.76. The van der Waals surface area contributed by atoms with Crippen LogP contribution in [0.5, 0.6) is 0 Å². The summed E-state index contributed by atoms with van der Waals surface area (Å²) in [6.45, 7) is 6.80. The van der Waals surface area contributed by atoms with Gasteiger partial charge in [0, 0.05) is 36.8 Å². The smallest absolute Gasteiger partial charge is 0.407 e. The molecular weight excluding hydrogens is 669 g/mol. The van der Waals surface area contributed by atoms with Gasteiger partial charge in [-0.15, -0.1) is 0 Å². The van der Waals surface area contributed by atoms with Crippen molar-refractivity contribution in [2.45, 2.75) is 116 Å². The van der Waals surface area contributed by atoms with Crippen molar-refractivity contribution in [1.29, 1.82) is 0 Å². The number of fused-ring (bicyclic) bond motifs is 1. The molecule has 3 heterocycles. The number of amides is 3. The molecule has 4 fully saturated rings. The van der Waals surface area contributed by atoms with E-state index in [9.17, 15) is 23.6 Å². The first kappa shape index (κ1) is 38.1. The zero-order chi connectivity index (χ0) is 36.8. The highest BCUT2D eigenvalue weighted by Crippen LogP contribution is 2.41. The summed E-state index contributed by atoms with van der Waals surface area (Å²) in [5.41, 5.74) is 0.400. The van der Waals surface area contributed by atoms with Crippen molar-refractivity contribution in [3.63, 3.8) is 0 Å². The van der Waals surface area contributed by atoms with E-state index in [0.29, 0.717) is 74.6 Å². The summed E-state index contributed by atoms with van der Waals surface area (Å²) in [6.07, 6.45) is 9.82. The van der Waals surface area contributed by atoms with E-state index < -0.39 is 36.4 Å². The van der Waals surface area contributed by atoms with E-state index in [2.05, 4.69) is 10.6 Å². The number of nitrogens with one attached hydrogen (secondary N) is 2. The largest absolute Gasteiger partial charge is 0.460 e. The van der Waals surface area contributed by atoms with E-state index in [1.165, 1.54) is 6.42 Å². The average Bonchev–Trinajstić information content (AvgIpc) is 3.78. The van der Waals surface area contributed by atoms with Gasteiger partial charge < -0.3 is 34.2 Å². The van der Waals surface area contributed by atoms with Gasteiger partial charge in [-0.2, -0.15) is 0 Å². The third-order valence-electron chi connectivity index (χ3n) is 11.6. The molecule has 0 spiro atoms. The molecule has 12 heteroatoms. The molecule has 11 nitrogen and oxygen atoms in total. The Kier molecular flexibility index (Phi) is 12.4. The van der Waals surface area contributed by atoms with Crippen molar-refractivity contribution in [1.82, 2.24) is 10.2 Å². The second-order valence-electron chi connectivity index (χ2n) is 16.4. The summed E-state index contributed by atoms with van der Waals surface area (Å²) in [5, 5.41) is 6.48. The number of furan rings is 1. The van der Waals surface area contributed by atoms with Gasteiger partial charge in [0.2, 0.25) is 17.6 Å². The normalized spacial score (nSPS) is 25.4. The van der Waals surface area contributed by atoms with Crippen LogP contribution in [-0.4, -0.2) is 79.5 Å². The number of benzene rings is 1. The van der Waals surface area contributed by atoms with Crippen LogP contribution in [0.4, 0.5) is 14.9 Å². The van der Waals surface area contributed by atoms with Gasteiger partial charge in [0.15, 0.2) is 0 Å². The number of anilines is 1. The number of carbonyl (C=O) groups excluding carboxylic acids is 4. The molecule has 0 radical (unpaired) electrons. The van der Waals surface area contributed by atoms with Crippen LogP contribution < -0.4 is 10.6 Å². The Balaban J connectivity index is 1.10. The first-order chi connectivity index (χ1) is 25.0. The van der Waals surface area contributed by atoms with Crippen LogP contribution in [0.1, 0.15) is 108 Å². The topological polar surface area (TPSA) is 136 Å². The van der Waals surface area contributed by atoms with E-state index in [0.717, 1.165) is 44.9 Å². The molecule has 4 aliphatic rings. The number of likely N-dealkylation sites (tertiary alicyclic amines) is 1. The number of carbonyl (C=O) groups is 4. The summed E-state index contributed by atoms with van der Waals surface area (Å²) in [6, 6.07) is 5.66. The fourth-order valence-electron chi connectivity index (χ4n) is 8.82. The molecule has 3 amide bonds.